The first-order valence-electron chi connectivity index (χ1n) is 9.23. The number of nitrogens with one attached hydrogen (secondary N) is 1. The Morgan fingerprint density at radius 1 is 1.10 bits per heavy atom. The van der Waals surface area contributed by atoms with Gasteiger partial charge in [-0.15, -0.1) is 0 Å². The predicted octanol–water partition coefficient (Wildman–Crippen LogP) is 3.00. The van der Waals surface area contributed by atoms with Gasteiger partial charge >= 0.3 is 0 Å². The SMILES string of the molecule is COc1ccc(S(=O)(=O)Nc2nc3ccccc3nc2OCC2CCCO2)cc1. The molecule has 29 heavy (non-hydrogen) atoms. The van der Waals surface area contributed by atoms with Crippen LogP contribution in [0.2, 0.25) is 0 Å². The van der Waals surface area contributed by atoms with Crippen molar-refractivity contribution in [1.29, 1.82) is 0 Å². The van der Waals surface area contributed by atoms with E-state index in [1.807, 2.05) is 12.1 Å². The lowest BCUT2D eigenvalue weighted by Crippen LogP contribution is -2.19. The molecule has 1 N–H and O–H groups in total. The molecule has 1 fully saturated rings. The fourth-order valence-electron chi connectivity index (χ4n) is 3.04. The molecule has 0 radical (unpaired) electrons. The zero-order valence-electron chi connectivity index (χ0n) is 15.9. The number of methoxy groups -OCH3 is 1. The first kappa shape index (κ1) is 19.4. The van der Waals surface area contributed by atoms with Crippen molar-refractivity contribution in [2.24, 2.45) is 0 Å². The fraction of sp³-hybridized carbons (Fsp3) is 0.300. The molecule has 1 saturated heterocycles. The molecule has 4 rings (SSSR count). The van der Waals surface area contributed by atoms with Crippen molar-refractivity contribution in [3.8, 4) is 11.6 Å². The van der Waals surface area contributed by atoms with Crippen LogP contribution in [0.4, 0.5) is 5.82 Å². The molecule has 1 aliphatic heterocycles. The molecule has 0 bridgehead atoms. The van der Waals surface area contributed by atoms with Crippen LogP contribution in [-0.2, 0) is 14.8 Å². The first-order chi connectivity index (χ1) is 14.0. The Bertz CT molecular complexity index is 1100. The molecular weight excluding hydrogens is 394 g/mol. The fourth-order valence-corrected chi connectivity index (χ4v) is 4.04. The number of aromatic nitrogens is 2. The highest BCUT2D eigenvalue weighted by atomic mass is 32.2. The van der Waals surface area contributed by atoms with Crippen LogP contribution in [0.1, 0.15) is 12.8 Å². The summed E-state index contributed by atoms with van der Waals surface area (Å²) in [6, 6.07) is 13.3. The summed E-state index contributed by atoms with van der Waals surface area (Å²) in [7, 11) is -2.37. The number of hydrogen-bond donors (Lipinski definition) is 1. The van der Waals surface area contributed by atoms with Crippen molar-refractivity contribution in [2.75, 3.05) is 25.0 Å². The molecule has 1 aliphatic rings. The van der Waals surface area contributed by atoms with E-state index in [0.29, 0.717) is 23.4 Å². The summed E-state index contributed by atoms with van der Waals surface area (Å²) < 4.78 is 44.7. The van der Waals surface area contributed by atoms with E-state index >= 15 is 0 Å². The first-order valence-corrected chi connectivity index (χ1v) is 10.7. The lowest BCUT2D eigenvalue weighted by molar-refractivity contribution is 0.0666. The smallest absolute Gasteiger partial charge is 0.263 e. The average molecular weight is 415 g/mol. The minimum Gasteiger partial charge on any atom is -0.497 e. The Morgan fingerprint density at radius 2 is 1.83 bits per heavy atom. The van der Waals surface area contributed by atoms with E-state index in [1.54, 1.807) is 24.3 Å². The standard InChI is InChI=1S/C20H21N3O5S/c1-26-14-8-10-16(11-9-14)29(24,25)23-19-20(28-13-15-5-4-12-27-15)22-18-7-3-2-6-17(18)21-19/h2-3,6-11,15H,4-5,12-13H2,1H3,(H,21,23). The monoisotopic (exact) mass is 415 g/mol. The summed E-state index contributed by atoms with van der Waals surface area (Å²) in [5.41, 5.74) is 1.17. The third kappa shape index (κ3) is 4.41. The number of rotatable bonds is 7. The van der Waals surface area contributed by atoms with Gasteiger partial charge in [0.2, 0.25) is 5.82 Å². The molecular formula is C20H21N3O5S. The largest absolute Gasteiger partial charge is 0.497 e. The summed E-state index contributed by atoms with van der Waals surface area (Å²) in [6.45, 7) is 0.985. The van der Waals surface area contributed by atoms with Gasteiger partial charge in [-0.2, -0.15) is 0 Å². The molecule has 1 unspecified atom stereocenters. The highest BCUT2D eigenvalue weighted by Gasteiger charge is 2.22. The van der Waals surface area contributed by atoms with E-state index in [2.05, 4.69) is 14.7 Å². The number of fused-ring (bicyclic) bond motifs is 1. The molecule has 2 heterocycles. The average Bonchev–Trinajstić information content (AvgIpc) is 3.25. The Hall–Kier alpha value is -2.91. The normalized spacial score (nSPS) is 16.7. The van der Waals surface area contributed by atoms with Gasteiger partial charge in [0.1, 0.15) is 12.4 Å². The van der Waals surface area contributed by atoms with Crippen LogP contribution in [0.25, 0.3) is 11.0 Å². The minimum absolute atomic E-state index is 0.0330. The van der Waals surface area contributed by atoms with Gasteiger partial charge in [0, 0.05) is 6.61 Å². The van der Waals surface area contributed by atoms with Crippen LogP contribution in [-0.4, -0.2) is 44.8 Å². The van der Waals surface area contributed by atoms with E-state index < -0.39 is 10.0 Å². The highest BCUT2D eigenvalue weighted by molar-refractivity contribution is 7.92. The molecule has 1 aromatic heterocycles. The van der Waals surface area contributed by atoms with Gasteiger partial charge in [0.05, 0.1) is 29.1 Å². The maximum atomic E-state index is 12.9. The molecule has 1 atom stereocenters. The molecule has 8 nitrogen and oxygen atoms in total. The van der Waals surface area contributed by atoms with Crippen LogP contribution < -0.4 is 14.2 Å². The van der Waals surface area contributed by atoms with Gasteiger partial charge in [0.25, 0.3) is 15.9 Å². The van der Waals surface area contributed by atoms with E-state index in [-0.39, 0.29) is 29.3 Å². The Balaban J connectivity index is 1.65. The topological polar surface area (TPSA) is 99.6 Å². The Morgan fingerprint density at radius 3 is 2.48 bits per heavy atom. The second-order valence-electron chi connectivity index (χ2n) is 6.59. The van der Waals surface area contributed by atoms with E-state index in [9.17, 15) is 8.42 Å². The molecule has 0 saturated carbocycles. The van der Waals surface area contributed by atoms with Crippen LogP contribution in [0, 0.1) is 0 Å². The molecule has 152 valence electrons. The zero-order valence-corrected chi connectivity index (χ0v) is 16.7. The second-order valence-corrected chi connectivity index (χ2v) is 8.28. The zero-order chi connectivity index (χ0) is 20.3. The Kier molecular flexibility index (Phi) is 5.50. The Labute approximate surface area is 168 Å². The highest BCUT2D eigenvalue weighted by Crippen LogP contribution is 2.27. The number of ether oxygens (including phenoxy) is 3. The number of sulfonamides is 1. The van der Waals surface area contributed by atoms with Crippen molar-refractivity contribution in [1.82, 2.24) is 9.97 Å². The van der Waals surface area contributed by atoms with Crippen molar-refractivity contribution < 1.29 is 22.6 Å². The van der Waals surface area contributed by atoms with Gasteiger partial charge in [-0.1, -0.05) is 12.1 Å². The van der Waals surface area contributed by atoms with Crippen LogP contribution in [0.15, 0.2) is 53.4 Å². The van der Waals surface area contributed by atoms with Crippen LogP contribution in [0.5, 0.6) is 11.6 Å². The molecule has 2 aromatic carbocycles. The number of para-hydroxylation sites is 2. The molecule has 0 amide bonds. The molecule has 3 aromatic rings. The molecule has 0 aliphatic carbocycles. The van der Waals surface area contributed by atoms with E-state index in [4.69, 9.17) is 14.2 Å². The molecule has 0 spiro atoms. The van der Waals surface area contributed by atoms with Gasteiger partial charge in [-0.05, 0) is 49.2 Å². The maximum absolute atomic E-state index is 12.9. The lowest BCUT2D eigenvalue weighted by atomic mass is 10.2. The van der Waals surface area contributed by atoms with Crippen molar-refractivity contribution in [3.05, 3.63) is 48.5 Å². The van der Waals surface area contributed by atoms with Gasteiger partial charge in [-0.3, -0.25) is 4.72 Å². The summed E-state index contributed by atoms with van der Waals surface area (Å²) in [6.07, 6.45) is 1.84. The lowest BCUT2D eigenvalue weighted by Gasteiger charge is -2.15. The summed E-state index contributed by atoms with van der Waals surface area (Å²) in [5.74, 6) is 0.726. The van der Waals surface area contributed by atoms with Crippen LogP contribution in [0.3, 0.4) is 0 Å². The quantitative estimate of drug-likeness (QED) is 0.633. The van der Waals surface area contributed by atoms with Crippen molar-refractivity contribution in [3.63, 3.8) is 0 Å². The number of hydrogen-bond acceptors (Lipinski definition) is 7. The van der Waals surface area contributed by atoms with E-state index in [0.717, 1.165) is 12.8 Å². The van der Waals surface area contributed by atoms with Crippen molar-refractivity contribution >= 4 is 26.9 Å². The minimum atomic E-state index is -3.89. The van der Waals surface area contributed by atoms with Gasteiger partial charge in [0.15, 0.2) is 0 Å². The van der Waals surface area contributed by atoms with Gasteiger partial charge in [-0.25, -0.2) is 18.4 Å². The van der Waals surface area contributed by atoms with Crippen molar-refractivity contribution in [2.45, 2.75) is 23.8 Å². The van der Waals surface area contributed by atoms with Gasteiger partial charge < -0.3 is 14.2 Å². The third-order valence-electron chi connectivity index (χ3n) is 4.57. The summed E-state index contributed by atoms with van der Waals surface area (Å²) in [5, 5.41) is 0. The number of benzene rings is 2. The third-order valence-corrected chi connectivity index (χ3v) is 5.92. The van der Waals surface area contributed by atoms with Crippen LogP contribution >= 0.6 is 0 Å². The number of anilines is 1. The molecule has 9 heteroatoms. The predicted molar refractivity (Wildman–Crippen MR) is 108 cm³/mol. The second kappa shape index (κ2) is 8.22. The summed E-state index contributed by atoms with van der Waals surface area (Å²) >= 11 is 0. The maximum Gasteiger partial charge on any atom is 0.263 e. The number of nitrogens with zero attached hydrogens (tertiary/aromatic N) is 2. The summed E-state index contributed by atoms with van der Waals surface area (Å²) in [4.78, 5) is 8.96. The van der Waals surface area contributed by atoms with E-state index in [1.165, 1.54) is 19.2 Å².